The number of ketones is 2. The molecule has 42 heavy (non-hydrogen) atoms. The van der Waals surface area contributed by atoms with Crippen LogP contribution in [0.5, 0.6) is 0 Å². The van der Waals surface area contributed by atoms with Gasteiger partial charge in [0.05, 0.1) is 18.1 Å². The van der Waals surface area contributed by atoms with E-state index < -0.39 is 17.8 Å². The van der Waals surface area contributed by atoms with Gasteiger partial charge in [-0.1, -0.05) is 75.2 Å². The highest BCUT2D eigenvalue weighted by Crippen LogP contribution is 2.46. The normalized spacial score (nSPS) is 26.2. The second-order valence-corrected chi connectivity index (χ2v) is 13.2. The molecule has 2 aliphatic heterocycles. The Labute approximate surface area is 250 Å². The van der Waals surface area contributed by atoms with Gasteiger partial charge in [0.2, 0.25) is 0 Å². The zero-order valence-corrected chi connectivity index (χ0v) is 25.0. The monoisotopic (exact) mass is 590 g/mol. The van der Waals surface area contributed by atoms with Crippen molar-refractivity contribution in [3.8, 4) is 0 Å². The Morgan fingerprint density at radius 1 is 1.00 bits per heavy atom. The zero-order chi connectivity index (χ0) is 29.8. The number of hydrogen-bond acceptors (Lipinski definition) is 5. The van der Waals surface area contributed by atoms with E-state index in [4.69, 9.17) is 16.3 Å². The summed E-state index contributed by atoms with van der Waals surface area (Å²) in [4.78, 5) is 41.8. The van der Waals surface area contributed by atoms with Crippen molar-refractivity contribution in [2.75, 3.05) is 13.1 Å². The van der Waals surface area contributed by atoms with Crippen LogP contribution in [0.1, 0.15) is 69.9 Å². The quantitative estimate of drug-likeness (QED) is 0.422. The third-order valence-corrected chi connectivity index (χ3v) is 9.99. The number of carbonyl (C=O) groups is 3. The molecule has 2 aliphatic carbocycles. The molecule has 1 N–H and O–H groups in total. The van der Waals surface area contributed by atoms with Crippen molar-refractivity contribution in [1.29, 1.82) is 0 Å². The van der Waals surface area contributed by atoms with Crippen LogP contribution in [0.15, 0.2) is 71.1 Å². The van der Waals surface area contributed by atoms with Crippen molar-refractivity contribution in [3.05, 3.63) is 93.0 Å². The number of amides is 1. The molecule has 0 aromatic heterocycles. The number of rotatable bonds is 4. The van der Waals surface area contributed by atoms with Crippen LogP contribution < -0.4 is 5.32 Å². The van der Waals surface area contributed by atoms with Crippen LogP contribution in [0, 0.1) is 17.7 Å². The van der Waals surface area contributed by atoms with Gasteiger partial charge in [-0.15, -0.1) is 0 Å². The predicted molar refractivity (Wildman–Crippen MR) is 158 cm³/mol. The molecule has 0 bridgehead atoms. The Bertz CT molecular complexity index is 1510. The standard InChI is InChI=1S/C34H36ClFN2O4/c1-19-9-11-22(34(2,3)21-7-5-4-6-8-21)29(15-19)42-33(41)38-17-26-32(28(40)18-38)30(20-10-12-24(36)23(35)16-20)31-25(37-26)13-14-27(31)39/h4-8,10,12,16,19,22,29-30,37H,9,11,13-15,17-18H2,1-3H3/t19?,22?,29?,30-/m1/s1. The molecule has 2 aromatic carbocycles. The molecular formula is C34H36ClFN2O4. The van der Waals surface area contributed by atoms with Gasteiger partial charge in [0.15, 0.2) is 11.6 Å². The van der Waals surface area contributed by atoms with E-state index in [2.05, 4.69) is 38.2 Å². The first-order valence-corrected chi connectivity index (χ1v) is 15.2. The molecule has 2 heterocycles. The first-order valence-electron chi connectivity index (χ1n) is 14.8. The largest absolute Gasteiger partial charge is 0.446 e. The van der Waals surface area contributed by atoms with E-state index in [1.54, 1.807) is 6.07 Å². The summed E-state index contributed by atoms with van der Waals surface area (Å²) in [6.45, 7) is 6.62. The number of benzene rings is 2. The summed E-state index contributed by atoms with van der Waals surface area (Å²) in [5.74, 6) is -0.960. The smallest absolute Gasteiger partial charge is 0.410 e. The van der Waals surface area contributed by atoms with Crippen LogP contribution in [0.4, 0.5) is 9.18 Å². The van der Waals surface area contributed by atoms with Crippen LogP contribution in [-0.2, 0) is 19.7 Å². The molecule has 0 saturated heterocycles. The Morgan fingerprint density at radius 2 is 1.74 bits per heavy atom. The van der Waals surface area contributed by atoms with Gasteiger partial charge in [0.1, 0.15) is 11.9 Å². The third kappa shape index (κ3) is 5.06. The summed E-state index contributed by atoms with van der Waals surface area (Å²) in [5.41, 5.74) is 3.89. The van der Waals surface area contributed by atoms with Crippen molar-refractivity contribution < 1.29 is 23.5 Å². The lowest BCUT2D eigenvalue weighted by molar-refractivity contribution is -0.117. The lowest BCUT2D eigenvalue weighted by Gasteiger charge is -2.44. The maximum atomic E-state index is 14.0. The van der Waals surface area contributed by atoms with Crippen molar-refractivity contribution in [2.24, 2.45) is 11.8 Å². The number of nitrogens with one attached hydrogen (secondary N) is 1. The molecule has 0 radical (unpaired) electrons. The summed E-state index contributed by atoms with van der Waals surface area (Å²) in [6, 6.07) is 14.7. The molecule has 4 atom stereocenters. The topological polar surface area (TPSA) is 75.7 Å². The van der Waals surface area contributed by atoms with Gasteiger partial charge in [0, 0.05) is 40.8 Å². The Kier molecular flexibility index (Phi) is 7.50. The Morgan fingerprint density at radius 3 is 2.48 bits per heavy atom. The first-order chi connectivity index (χ1) is 20.0. The number of hydrogen-bond donors (Lipinski definition) is 1. The van der Waals surface area contributed by atoms with Crippen LogP contribution in [-0.4, -0.2) is 41.8 Å². The summed E-state index contributed by atoms with van der Waals surface area (Å²) in [6.07, 6.45) is 2.86. The fourth-order valence-corrected chi connectivity index (χ4v) is 7.58. The fraction of sp³-hybridized carbons (Fsp3) is 0.441. The average molecular weight is 591 g/mol. The highest BCUT2D eigenvalue weighted by molar-refractivity contribution is 6.30. The molecule has 2 aromatic rings. The van der Waals surface area contributed by atoms with Gasteiger partial charge in [-0.25, -0.2) is 9.18 Å². The van der Waals surface area contributed by atoms with Crippen LogP contribution >= 0.6 is 11.6 Å². The minimum Gasteiger partial charge on any atom is -0.446 e. The number of halogens is 2. The summed E-state index contributed by atoms with van der Waals surface area (Å²) in [7, 11) is 0. The van der Waals surface area contributed by atoms with Gasteiger partial charge in [-0.05, 0) is 53.9 Å². The number of nitrogens with zero attached hydrogens (tertiary/aromatic N) is 1. The summed E-state index contributed by atoms with van der Waals surface area (Å²) < 4.78 is 20.3. The van der Waals surface area contributed by atoms with Gasteiger partial charge < -0.3 is 10.1 Å². The van der Waals surface area contributed by atoms with Crippen molar-refractivity contribution in [2.45, 2.75) is 70.3 Å². The molecule has 220 valence electrons. The van der Waals surface area contributed by atoms with Crippen LogP contribution in [0.3, 0.4) is 0 Å². The SMILES string of the molecule is CC1CCC(C(C)(C)c2ccccc2)C(OC(=O)N2CC(=O)C3=C(C2)NC2=C(C(=O)CC2)[C@H]3c2ccc(F)c(Cl)c2)C1. The first kappa shape index (κ1) is 28.7. The maximum absolute atomic E-state index is 14.0. The van der Waals surface area contributed by atoms with E-state index in [1.807, 2.05) is 18.2 Å². The lowest BCUT2D eigenvalue weighted by Crippen LogP contribution is -2.50. The second kappa shape index (κ2) is 11.0. The number of carbonyl (C=O) groups excluding carboxylic acids is 3. The fourth-order valence-electron chi connectivity index (χ4n) is 7.39. The lowest BCUT2D eigenvalue weighted by atomic mass is 9.64. The van der Waals surface area contributed by atoms with Crippen LogP contribution in [0.25, 0.3) is 0 Å². The molecule has 4 aliphatic rings. The number of dihydropyridines is 1. The molecule has 1 saturated carbocycles. The molecule has 8 heteroatoms. The zero-order valence-electron chi connectivity index (χ0n) is 24.2. The summed E-state index contributed by atoms with van der Waals surface area (Å²) >= 11 is 6.11. The third-order valence-electron chi connectivity index (χ3n) is 9.70. The van der Waals surface area contributed by atoms with E-state index in [1.165, 1.54) is 22.6 Å². The van der Waals surface area contributed by atoms with Gasteiger partial charge in [-0.2, -0.15) is 0 Å². The number of allylic oxidation sites excluding steroid dienone is 2. The minimum atomic E-state index is -0.648. The maximum Gasteiger partial charge on any atom is 0.410 e. The van der Waals surface area contributed by atoms with E-state index >= 15 is 0 Å². The molecule has 6 nitrogen and oxygen atoms in total. The molecule has 6 rings (SSSR count). The Balaban J connectivity index is 1.27. The molecule has 1 fully saturated rings. The predicted octanol–water partition coefficient (Wildman–Crippen LogP) is 6.84. The summed E-state index contributed by atoms with van der Waals surface area (Å²) in [5, 5.41) is 3.25. The molecule has 3 unspecified atom stereocenters. The Hall–Kier alpha value is -3.45. The number of ether oxygens (including phenoxy) is 1. The van der Waals surface area contributed by atoms with Gasteiger partial charge >= 0.3 is 6.09 Å². The van der Waals surface area contributed by atoms with Gasteiger partial charge in [-0.3, -0.25) is 14.5 Å². The van der Waals surface area contributed by atoms with Crippen molar-refractivity contribution >= 4 is 29.3 Å². The van der Waals surface area contributed by atoms with Crippen molar-refractivity contribution in [3.63, 3.8) is 0 Å². The molecular weight excluding hydrogens is 555 g/mol. The van der Waals surface area contributed by atoms with E-state index in [0.717, 1.165) is 25.0 Å². The average Bonchev–Trinajstić information content (AvgIpc) is 3.33. The highest BCUT2D eigenvalue weighted by atomic mass is 35.5. The van der Waals surface area contributed by atoms with Crippen LogP contribution in [0.2, 0.25) is 5.02 Å². The number of Topliss-reactive ketones (excluding diaryl/α,β-unsaturated/α-hetero) is 2. The minimum absolute atomic E-state index is 0.0392. The van der Waals surface area contributed by atoms with E-state index in [9.17, 15) is 18.8 Å². The van der Waals surface area contributed by atoms with Gasteiger partial charge in [0.25, 0.3) is 0 Å². The van der Waals surface area contributed by atoms with E-state index in [-0.39, 0.29) is 47.1 Å². The van der Waals surface area contributed by atoms with Crippen molar-refractivity contribution in [1.82, 2.24) is 10.2 Å². The highest BCUT2D eigenvalue weighted by Gasteiger charge is 2.46. The second-order valence-electron chi connectivity index (χ2n) is 12.8. The molecule has 1 amide bonds. The van der Waals surface area contributed by atoms with E-state index in [0.29, 0.717) is 41.2 Å². The molecule has 0 spiro atoms.